The third-order valence-electron chi connectivity index (χ3n) is 9.07. The predicted molar refractivity (Wildman–Crippen MR) is 235 cm³/mol. The molecule has 0 saturated heterocycles. The maximum Gasteiger partial charge on any atom is 1.00 e. The Morgan fingerprint density at radius 2 is 1.21 bits per heavy atom. The second-order valence-corrected chi connectivity index (χ2v) is 19.8. The number of carboxylic acid groups (broad SMARTS) is 1. The Balaban J connectivity index is 0.00000352. The Labute approximate surface area is 511 Å². The van der Waals surface area contributed by atoms with Gasteiger partial charge in [-0.2, -0.15) is 38.3 Å². The van der Waals surface area contributed by atoms with Crippen molar-refractivity contribution in [1.29, 1.82) is 0 Å². The van der Waals surface area contributed by atoms with Crippen LogP contribution in [-0.2, 0) is 40.5 Å². The number of fused-ring (bicyclic) bond motifs is 1. The van der Waals surface area contributed by atoms with Gasteiger partial charge in [0.15, 0.2) is 5.75 Å². The molecule has 27 nitrogen and oxygen atoms in total. The SMILES string of the molecule is CN(c1ccccc1)c1nc(Cl)nc(Nc2cc(S(=O)(=O)[O-])cc3cc(S(=O)(=O)O)c(N=Nc4cc(Nc5nc(Cl)nc(Nc6ccc(S(=O)(=O)[O-])cc6C(=O)[O-])n5)ccc4S(=O)(=O)[O-])c(O)c23)n1.[Na+].[Na+].[Na+].[Na+]. The number of para-hydroxylation sites is 1. The fourth-order valence-electron chi connectivity index (χ4n) is 6.09. The standard InChI is InChI=1S/C36H26Cl2N12O15S4.4Na/c1-50(18-5-3-2-4-6-18)36-45-32(38)44-35(47-36)41-24-15-20(67(57,58)59)11-16-12-26(69(63,64)65)28(29(51)27(16)24)49-48-23-13-17(7-10-25(23)68(60,61)62)39-33-42-31(37)43-34(46-33)40-22-9-8-19(66(54,55)56)14-21(22)30(52)53;;;;/h2-15,51H,1H3,(H,52,53)(H,54,55,56)(H,57,58,59)(H,60,61,62)(H,63,64,65)(H,41,44,45,47)(H2,39,40,42,43,46);;;;/q;4*+1/p-4. The summed E-state index contributed by atoms with van der Waals surface area (Å²) in [5, 5.41) is 36.5. The second kappa shape index (κ2) is 25.2. The molecule has 5 N–H and O–H groups in total. The number of carboxylic acids is 1. The van der Waals surface area contributed by atoms with Gasteiger partial charge >= 0.3 is 118 Å². The van der Waals surface area contributed by atoms with Gasteiger partial charge in [-0.05, 0) is 95.3 Å². The number of nitrogens with one attached hydrogen (secondary N) is 3. The minimum atomic E-state index is -5.48. The van der Waals surface area contributed by atoms with E-state index < -0.39 is 134 Å². The summed E-state index contributed by atoms with van der Waals surface area (Å²) in [5.74, 6) is -4.55. The molecule has 0 aliphatic rings. The Morgan fingerprint density at radius 3 is 1.78 bits per heavy atom. The molecule has 0 amide bonds. The Kier molecular flexibility index (Phi) is 22.1. The number of aromatic nitrogens is 6. The molecule has 7 aromatic rings. The number of carbonyl (C=O) groups excluding carboxylic acids is 1. The average molecular weight is 1150 g/mol. The van der Waals surface area contributed by atoms with E-state index in [0.717, 1.165) is 24.3 Å². The van der Waals surface area contributed by atoms with Crippen LogP contribution in [0.2, 0.25) is 10.6 Å². The number of rotatable bonds is 15. The van der Waals surface area contributed by atoms with Crippen LogP contribution in [0, 0.1) is 0 Å². The van der Waals surface area contributed by atoms with Gasteiger partial charge in [0, 0.05) is 29.4 Å². The van der Waals surface area contributed by atoms with Gasteiger partial charge in [0.1, 0.15) is 46.6 Å². The molecule has 0 aliphatic carbocycles. The number of phenolic OH excluding ortho intramolecular Hbond substituents is 1. The molecule has 2 heterocycles. The van der Waals surface area contributed by atoms with Gasteiger partial charge in [-0.15, -0.1) is 10.2 Å². The van der Waals surface area contributed by atoms with Crippen LogP contribution in [0.5, 0.6) is 5.75 Å². The van der Waals surface area contributed by atoms with Crippen LogP contribution in [0.25, 0.3) is 10.8 Å². The summed E-state index contributed by atoms with van der Waals surface area (Å²) in [4.78, 5) is 32.9. The summed E-state index contributed by atoms with van der Waals surface area (Å²) in [6.07, 6.45) is 0. The molecule has 7 rings (SSSR count). The molecular formula is C36H22Cl2N12Na4O15S4. The second-order valence-electron chi connectivity index (χ2n) is 13.6. The van der Waals surface area contributed by atoms with E-state index in [0.29, 0.717) is 36.0 Å². The van der Waals surface area contributed by atoms with Crippen LogP contribution in [-0.4, -0.2) is 99.9 Å². The fraction of sp³-hybridized carbons (Fsp3) is 0.0278. The number of azo groups is 1. The zero-order valence-corrected chi connectivity index (χ0v) is 50.5. The van der Waals surface area contributed by atoms with Crippen LogP contribution in [0.3, 0.4) is 0 Å². The molecule has 2 aromatic heterocycles. The van der Waals surface area contributed by atoms with E-state index in [1.165, 1.54) is 4.90 Å². The quantitative estimate of drug-likeness (QED) is 0.0362. The van der Waals surface area contributed by atoms with E-state index in [1.807, 2.05) is 0 Å². The van der Waals surface area contributed by atoms with Crippen LogP contribution >= 0.6 is 23.2 Å². The van der Waals surface area contributed by atoms with Crippen LogP contribution < -0.4 is 144 Å². The Hall–Kier alpha value is -3.33. The number of anilines is 8. The van der Waals surface area contributed by atoms with Crippen molar-refractivity contribution in [1.82, 2.24) is 29.9 Å². The smallest absolute Gasteiger partial charge is 0.744 e. The largest absolute Gasteiger partial charge is 1.00 e. The molecule has 358 valence electrons. The first kappa shape index (κ1) is 64.0. The van der Waals surface area contributed by atoms with E-state index in [-0.39, 0.29) is 136 Å². The number of aromatic carboxylic acids is 1. The molecule has 0 fully saturated rings. The number of aromatic hydroxyl groups is 1. The van der Waals surface area contributed by atoms with Crippen molar-refractivity contribution < 1.29 is 185 Å². The van der Waals surface area contributed by atoms with Crippen molar-refractivity contribution >= 4 is 138 Å². The van der Waals surface area contributed by atoms with E-state index in [1.54, 1.807) is 37.4 Å². The van der Waals surface area contributed by atoms with E-state index in [4.69, 9.17) is 23.2 Å². The third-order valence-corrected chi connectivity index (χ3v) is 12.8. The summed E-state index contributed by atoms with van der Waals surface area (Å²) >= 11 is 12.2. The van der Waals surface area contributed by atoms with Crippen LogP contribution in [0.15, 0.2) is 115 Å². The van der Waals surface area contributed by atoms with Crippen LogP contribution in [0.4, 0.5) is 57.9 Å². The van der Waals surface area contributed by atoms with Crippen molar-refractivity contribution in [3.63, 3.8) is 0 Å². The monoisotopic (exact) mass is 1150 g/mol. The Morgan fingerprint density at radius 1 is 0.630 bits per heavy atom. The minimum Gasteiger partial charge on any atom is -0.744 e. The van der Waals surface area contributed by atoms with Gasteiger partial charge in [0.05, 0.1) is 32.0 Å². The molecule has 0 aliphatic heterocycles. The van der Waals surface area contributed by atoms with Crippen molar-refractivity contribution in [3.05, 3.63) is 101 Å². The normalized spacial score (nSPS) is 11.6. The first-order valence-corrected chi connectivity index (χ1v) is 24.6. The molecular weight excluding hydrogens is 1130 g/mol. The first-order chi connectivity index (χ1) is 32.1. The van der Waals surface area contributed by atoms with E-state index in [2.05, 4.69) is 56.1 Å². The van der Waals surface area contributed by atoms with Crippen molar-refractivity contribution in [2.24, 2.45) is 10.2 Å². The number of halogens is 2. The predicted octanol–water partition coefficient (Wildman–Crippen LogP) is -8.03. The molecule has 0 spiro atoms. The van der Waals surface area contributed by atoms with E-state index in [9.17, 15) is 66.9 Å². The van der Waals surface area contributed by atoms with Gasteiger partial charge in [0.25, 0.3) is 10.1 Å². The number of benzene rings is 5. The summed E-state index contributed by atoms with van der Waals surface area (Å²) in [5.41, 5.74) is -3.31. The molecule has 73 heavy (non-hydrogen) atoms. The number of hydrogen-bond acceptors (Lipinski definition) is 26. The van der Waals surface area contributed by atoms with Crippen molar-refractivity contribution in [2.75, 3.05) is 27.9 Å². The summed E-state index contributed by atoms with van der Waals surface area (Å²) in [7, 11) is -19.8. The van der Waals surface area contributed by atoms with Gasteiger partial charge in [-0.1, -0.05) is 18.2 Å². The van der Waals surface area contributed by atoms with Gasteiger partial charge in [-0.3, -0.25) is 4.55 Å². The van der Waals surface area contributed by atoms with Crippen molar-refractivity contribution in [3.8, 4) is 5.75 Å². The summed E-state index contributed by atoms with van der Waals surface area (Å²) in [6.45, 7) is 0. The summed E-state index contributed by atoms with van der Waals surface area (Å²) < 4.78 is 144. The van der Waals surface area contributed by atoms with E-state index >= 15 is 0 Å². The Bertz CT molecular complexity index is 3790. The average Bonchev–Trinajstić information content (AvgIpc) is 3.24. The molecule has 0 saturated carbocycles. The maximum atomic E-state index is 12.8. The zero-order valence-electron chi connectivity index (χ0n) is 37.7. The van der Waals surface area contributed by atoms with Gasteiger partial charge < -0.3 is 49.5 Å². The zero-order chi connectivity index (χ0) is 50.4. The summed E-state index contributed by atoms with van der Waals surface area (Å²) in [6, 6.07) is 15.2. The third kappa shape index (κ3) is 15.6. The number of carbonyl (C=O) groups is 1. The van der Waals surface area contributed by atoms with Gasteiger partial charge in [0.2, 0.25) is 34.4 Å². The number of hydrogen-bond donors (Lipinski definition) is 5. The van der Waals surface area contributed by atoms with Crippen LogP contribution in [0.1, 0.15) is 10.4 Å². The maximum absolute atomic E-state index is 12.8. The topological polar surface area (TPSA) is 428 Å². The molecule has 0 unspecified atom stereocenters. The first-order valence-electron chi connectivity index (χ1n) is 18.2. The molecule has 0 bridgehead atoms. The molecule has 0 radical (unpaired) electrons. The number of nitrogens with zero attached hydrogens (tertiary/aromatic N) is 9. The number of phenols is 1. The molecule has 5 aromatic carbocycles. The minimum absolute atomic E-state index is 0. The fourth-order valence-corrected chi connectivity index (χ4v) is 8.68. The molecule has 37 heteroatoms. The molecule has 0 atom stereocenters. The van der Waals surface area contributed by atoms with Crippen molar-refractivity contribution in [2.45, 2.75) is 19.6 Å². The van der Waals surface area contributed by atoms with Gasteiger partial charge in [-0.25, -0.2) is 25.3 Å².